The first kappa shape index (κ1) is 47.8. The number of ether oxygens (including phenoxy) is 1. The molecule has 0 aromatic heterocycles. The van der Waals surface area contributed by atoms with Gasteiger partial charge in [0, 0.05) is 45.7 Å². The number of hydrogen-bond acceptors (Lipinski definition) is 5. The van der Waals surface area contributed by atoms with Crippen LogP contribution in [0.25, 0.3) is 5.57 Å². The highest BCUT2D eigenvalue weighted by atomic mass is 16.5. The minimum absolute atomic E-state index is 0.101. The molecule has 2 aromatic rings. The molecule has 0 bridgehead atoms. The van der Waals surface area contributed by atoms with Crippen LogP contribution in [-0.4, -0.2) is 72.6 Å². The molecule has 8 heteroatoms. The number of ketones is 1. The Hall–Kier alpha value is -4.20. The first-order valence-electron chi connectivity index (χ1n) is 18.7. The van der Waals surface area contributed by atoms with Gasteiger partial charge in [-0.15, -0.1) is 0 Å². The summed E-state index contributed by atoms with van der Waals surface area (Å²) in [7, 11) is 1.73. The van der Waals surface area contributed by atoms with E-state index in [0.717, 1.165) is 43.8 Å². The molecule has 3 rings (SSSR count). The highest BCUT2D eigenvalue weighted by Gasteiger charge is 2.21. The highest BCUT2D eigenvalue weighted by Crippen LogP contribution is 2.18. The standard InChI is InChI=1S/C20H30N2O3.C11H11N.C8H17NO.C5H12/c1-14(2)25-13-19(11-10-16(4)23)22(6)20(24)21-12-18-9-7-8-15(3)17(18)5;1-9-7-11(8-12-9)10-5-3-2-4-6-10;1-4-6-9(7-5-2)8(3)10;1-5(2,3)4/h7-9,19H,1,10-13H2,2-6H3,(H,21,24);2-7H,8H2,1H3;4-7H2,1-3H3;1-4H3. The molecule has 1 atom stereocenters. The topological polar surface area (TPSA) is 91.3 Å². The number of aryl methyl sites for hydroxylation is 1. The van der Waals surface area contributed by atoms with Crippen LogP contribution in [0.3, 0.4) is 0 Å². The number of nitrogens with zero attached hydrogens (tertiary/aromatic N) is 3. The lowest BCUT2D eigenvalue weighted by Crippen LogP contribution is -2.45. The normalized spacial score (nSPS) is 12.2. The van der Waals surface area contributed by atoms with E-state index in [1.807, 2.05) is 30.0 Å². The van der Waals surface area contributed by atoms with E-state index < -0.39 is 0 Å². The quantitative estimate of drug-likeness (QED) is 0.197. The molecule has 2 aromatic carbocycles. The van der Waals surface area contributed by atoms with Crippen LogP contribution >= 0.6 is 0 Å². The summed E-state index contributed by atoms with van der Waals surface area (Å²) in [5, 5.41) is 2.95. The molecule has 1 unspecified atom stereocenters. The third kappa shape index (κ3) is 22.6. The fraction of sp³-hybridized carbons (Fsp3) is 0.545. The van der Waals surface area contributed by atoms with Gasteiger partial charge in [0.2, 0.25) is 5.91 Å². The van der Waals surface area contributed by atoms with E-state index in [1.54, 1.807) is 32.7 Å². The predicted octanol–water partition coefficient (Wildman–Crippen LogP) is 9.98. The van der Waals surface area contributed by atoms with Gasteiger partial charge in [-0.05, 0) is 93.2 Å². The number of likely N-dealkylation sites (N-methyl/N-ethyl adjacent to an activating group) is 1. The predicted molar refractivity (Wildman–Crippen MR) is 221 cm³/mol. The summed E-state index contributed by atoms with van der Waals surface area (Å²) < 4.78 is 5.48. The minimum atomic E-state index is -0.181. The first-order chi connectivity index (χ1) is 24.3. The van der Waals surface area contributed by atoms with Gasteiger partial charge in [-0.2, -0.15) is 0 Å². The van der Waals surface area contributed by atoms with Crippen LogP contribution in [0.2, 0.25) is 0 Å². The van der Waals surface area contributed by atoms with Gasteiger partial charge >= 0.3 is 6.03 Å². The van der Waals surface area contributed by atoms with Crippen molar-refractivity contribution in [3.63, 3.8) is 0 Å². The summed E-state index contributed by atoms with van der Waals surface area (Å²) in [6.45, 7) is 31.2. The first-order valence-corrected chi connectivity index (χ1v) is 18.7. The van der Waals surface area contributed by atoms with Crippen LogP contribution in [0.1, 0.15) is 117 Å². The van der Waals surface area contributed by atoms with Crippen molar-refractivity contribution in [3.8, 4) is 0 Å². The zero-order chi connectivity index (χ0) is 39.9. The minimum Gasteiger partial charge on any atom is -0.497 e. The molecular weight excluding hydrogens is 649 g/mol. The number of nitrogens with one attached hydrogen (secondary N) is 1. The molecule has 1 heterocycles. The number of benzene rings is 2. The number of Topliss-reactive ketones (excluding diaryl/α,β-unsaturated/α-hetero) is 1. The molecule has 290 valence electrons. The van der Waals surface area contributed by atoms with E-state index in [2.05, 4.69) is 109 Å². The van der Waals surface area contributed by atoms with Gasteiger partial charge in [-0.25, -0.2) is 4.79 Å². The molecule has 1 aliphatic rings. The van der Waals surface area contributed by atoms with Gasteiger partial charge < -0.3 is 24.6 Å². The van der Waals surface area contributed by atoms with Crippen LogP contribution < -0.4 is 5.32 Å². The zero-order valence-corrected chi connectivity index (χ0v) is 34.8. The lowest BCUT2D eigenvalue weighted by Gasteiger charge is -2.28. The second kappa shape index (κ2) is 25.7. The van der Waals surface area contributed by atoms with Crippen LogP contribution in [0, 0.1) is 19.3 Å². The van der Waals surface area contributed by atoms with E-state index in [1.165, 1.54) is 22.3 Å². The third-order valence-electron chi connectivity index (χ3n) is 7.83. The Morgan fingerprint density at radius 2 is 1.50 bits per heavy atom. The Labute approximate surface area is 316 Å². The van der Waals surface area contributed by atoms with E-state index in [0.29, 0.717) is 37.2 Å². The van der Waals surface area contributed by atoms with Crippen molar-refractivity contribution in [2.45, 2.75) is 121 Å². The van der Waals surface area contributed by atoms with Gasteiger partial charge in [0.05, 0.1) is 18.3 Å². The summed E-state index contributed by atoms with van der Waals surface area (Å²) in [5.41, 5.74) is 7.73. The number of aliphatic imine (C=N–C) groups is 1. The van der Waals surface area contributed by atoms with Crippen molar-refractivity contribution in [3.05, 3.63) is 89.2 Å². The summed E-state index contributed by atoms with van der Waals surface area (Å²) in [6, 6.07) is 16.1. The average molecular weight is 719 g/mol. The van der Waals surface area contributed by atoms with Crippen LogP contribution in [0.5, 0.6) is 0 Å². The maximum Gasteiger partial charge on any atom is 0.317 e. The van der Waals surface area contributed by atoms with Gasteiger partial charge in [0.15, 0.2) is 0 Å². The van der Waals surface area contributed by atoms with Gasteiger partial charge in [0.1, 0.15) is 12.4 Å². The molecule has 0 radical (unpaired) electrons. The van der Waals surface area contributed by atoms with Crippen molar-refractivity contribution in [1.29, 1.82) is 0 Å². The van der Waals surface area contributed by atoms with Crippen LogP contribution in [0.4, 0.5) is 4.79 Å². The Morgan fingerprint density at radius 1 is 0.923 bits per heavy atom. The molecule has 0 fully saturated rings. The number of amides is 3. The smallest absolute Gasteiger partial charge is 0.317 e. The second-order valence-corrected chi connectivity index (χ2v) is 15.0. The van der Waals surface area contributed by atoms with Gasteiger partial charge in [-0.1, -0.05) is 96.7 Å². The molecule has 0 spiro atoms. The summed E-state index contributed by atoms with van der Waals surface area (Å²) in [5.74, 6) is 0.894. The Morgan fingerprint density at radius 3 is 1.96 bits per heavy atom. The Kier molecular flexibility index (Phi) is 23.6. The monoisotopic (exact) mass is 719 g/mol. The Bertz CT molecular complexity index is 1410. The lowest BCUT2D eigenvalue weighted by atomic mass is 10.0. The van der Waals surface area contributed by atoms with E-state index in [4.69, 9.17) is 4.74 Å². The van der Waals surface area contributed by atoms with E-state index >= 15 is 0 Å². The Balaban J connectivity index is 0.000000791. The third-order valence-corrected chi connectivity index (χ3v) is 7.83. The van der Waals surface area contributed by atoms with Crippen molar-refractivity contribution in [1.82, 2.24) is 15.1 Å². The maximum atomic E-state index is 12.5. The average Bonchev–Trinajstić information content (AvgIpc) is 3.51. The van der Waals surface area contributed by atoms with E-state index in [-0.39, 0.29) is 23.8 Å². The summed E-state index contributed by atoms with van der Waals surface area (Å²) >= 11 is 0. The van der Waals surface area contributed by atoms with Gasteiger partial charge in [-0.3, -0.25) is 9.79 Å². The van der Waals surface area contributed by atoms with Crippen molar-refractivity contribution in [2.24, 2.45) is 10.4 Å². The van der Waals surface area contributed by atoms with E-state index in [9.17, 15) is 14.4 Å². The van der Waals surface area contributed by atoms with Crippen LogP contribution in [0.15, 0.2) is 71.9 Å². The number of rotatable bonds is 14. The largest absolute Gasteiger partial charge is 0.497 e. The molecule has 1 aliphatic heterocycles. The molecule has 0 saturated heterocycles. The molecule has 3 amide bonds. The fourth-order valence-electron chi connectivity index (χ4n) is 4.81. The zero-order valence-electron chi connectivity index (χ0n) is 34.8. The fourth-order valence-corrected chi connectivity index (χ4v) is 4.81. The van der Waals surface area contributed by atoms with Crippen molar-refractivity contribution < 1.29 is 19.1 Å². The van der Waals surface area contributed by atoms with Crippen molar-refractivity contribution in [2.75, 3.05) is 33.3 Å². The number of allylic oxidation sites excluding steroid dienone is 2. The summed E-state index contributed by atoms with van der Waals surface area (Å²) in [6.07, 6.45) is 5.24. The van der Waals surface area contributed by atoms with Gasteiger partial charge in [0.25, 0.3) is 0 Å². The van der Waals surface area contributed by atoms with Crippen molar-refractivity contribution >= 4 is 29.0 Å². The molecule has 8 nitrogen and oxygen atoms in total. The molecule has 0 aliphatic carbocycles. The molecule has 0 saturated carbocycles. The maximum absolute atomic E-state index is 12.5. The second-order valence-electron chi connectivity index (χ2n) is 15.0. The lowest BCUT2D eigenvalue weighted by molar-refractivity contribution is -0.128. The number of carbonyl (C=O) groups excluding carboxylic acids is 3. The SMILES string of the molecule is C=C(C)OCC(CCC(C)=O)N(C)C(=O)NCc1cccc(C)c1C.CC(C)(C)C.CC1=NCC(c2ccccc2)=C1.CCCN(CCC)C(C)=O. The molecule has 1 N–H and O–H groups in total. The highest BCUT2D eigenvalue weighted by molar-refractivity contribution is 6.03. The number of carbonyl (C=O) groups is 3. The molecular formula is C44H70N4O4. The number of hydrogen-bond donors (Lipinski definition) is 1. The van der Waals surface area contributed by atoms with Crippen LogP contribution in [-0.2, 0) is 20.9 Å². The number of urea groups is 1. The molecule has 52 heavy (non-hydrogen) atoms. The summed E-state index contributed by atoms with van der Waals surface area (Å²) in [4.78, 5) is 42.4.